The van der Waals surface area contributed by atoms with Crippen LogP contribution in [0.25, 0.3) is 22.4 Å². The lowest BCUT2D eigenvalue weighted by atomic mass is 10.2. The Morgan fingerprint density at radius 2 is 1.73 bits per heavy atom. The van der Waals surface area contributed by atoms with E-state index in [1.54, 1.807) is 38.4 Å². The van der Waals surface area contributed by atoms with Crippen LogP contribution in [0.3, 0.4) is 0 Å². The van der Waals surface area contributed by atoms with Crippen molar-refractivity contribution in [3.05, 3.63) is 45.1 Å². The number of benzene rings is 1. The van der Waals surface area contributed by atoms with Gasteiger partial charge in [0.1, 0.15) is 21.4 Å². The fraction of sp³-hybridized carbons (Fsp3) is 0.364. The van der Waals surface area contributed by atoms with E-state index in [1.165, 1.54) is 30.5 Å². The predicted molar refractivity (Wildman–Crippen MR) is 126 cm³/mol. The highest BCUT2D eigenvalue weighted by molar-refractivity contribution is 8.01. The maximum absolute atomic E-state index is 13.0. The third-order valence-corrected chi connectivity index (χ3v) is 6.24. The molecule has 3 rings (SSSR count). The van der Waals surface area contributed by atoms with Gasteiger partial charge in [-0.05, 0) is 38.1 Å². The average Bonchev–Trinajstić information content (AvgIpc) is 2.79. The number of rotatable bonds is 7. The lowest BCUT2D eigenvalue weighted by Crippen LogP contribution is -2.38. The van der Waals surface area contributed by atoms with Crippen molar-refractivity contribution in [2.24, 2.45) is 14.1 Å². The minimum atomic E-state index is -1.10. The van der Waals surface area contributed by atoms with E-state index in [2.05, 4.69) is 9.97 Å². The van der Waals surface area contributed by atoms with Gasteiger partial charge in [-0.25, -0.2) is 14.8 Å². The molecule has 2 heterocycles. The fourth-order valence-electron chi connectivity index (χ4n) is 3.16. The van der Waals surface area contributed by atoms with Gasteiger partial charge in [-0.1, -0.05) is 11.8 Å². The topological polar surface area (TPSA) is 116 Å². The number of aromatic nitrogens is 4. The Balaban J connectivity index is 2.29. The zero-order valence-electron chi connectivity index (χ0n) is 19.3. The molecule has 1 aromatic carbocycles. The summed E-state index contributed by atoms with van der Waals surface area (Å²) in [5.74, 6) is 0.111. The zero-order chi connectivity index (χ0) is 24.4. The molecule has 0 saturated carbocycles. The summed E-state index contributed by atoms with van der Waals surface area (Å²) in [4.78, 5) is 60.8. The first kappa shape index (κ1) is 24.2. The number of thioether (sulfide) groups is 1. The normalized spacial score (nSPS) is 11.9. The molecule has 0 saturated heterocycles. The predicted octanol–water partition coefficient (Wildman–Crippen LogP) is 1.23. The molecule has 0 spiro atoms. The summed E-state index contributed by atoms with van der Waals surface area (Å²) in [6.07, 6.45) is 0. The number of ketones is 1. The van der Waals surface area contributed by atoms with Gasteiger partial charge < -0.3 is 9.64 Å². The van der Waals surface area contributed by atoms with Crippen molar-refractivity contribution in [1.29, 1.82) is 0 Å². The Bertz CT molecular complexity index is 1340. The van der Waals surface area contributed by atoms with E-state index in [9.17, 15) is 19.2 Å². The maximum atomic E-state index is 13.0. The quantitative estimate of drug-likeness (QED) is 0.287. The summed E-state index contributed by atoms with van der Waals surface area (Å²) in [6.45, 7) is 3.71. The van der Waals surface area contributed by atoms with Crippen LogP contribution in [0.4, 0.5) is 0 Å². The number of aryl methyl sites for hydroxylation is 1. The maximum Gasteiger partial charge on any atom is 0.332 e. The Labute approximate surface area is 194 Å². The highest BCUT2D eigenvalue weighted by Crippen LogP contribution is 2.30. The van der Waals surface area contributed by atoms with Crippen LogP contribution in [0.15, 0.2) is 38.9 Å². The van der Waals surface area contributed by atoms with Crippen molar-refractivity contribution in [3.63, 3.8) is 0 Å². The van der Waals surface area contributed by atoms with Gasteiger partial charge in [0.25, 0.3) is 5.56 Å². The number of fused-ring (bicyclic) bond motifs is 1. The smallest absolute Gasteiger partial charge is 0.332 e. The molecule has 11 heteroatoms. The minimum Gasteiger partial charge on any atom is -0.494 e. The van der Waals surface area contributed by atoms with Crippen molar-refractivity contribution >= 4 is 34.5 Å². The summed E-state index contributed by atoms with van der Waals surface area (Å²) in [6, 6.07) is 7.03. The van der Waals surface area contributed by atoms with Crippen LogP contribution in [0.2, 0.25) is 0 Å². The van der Waals surface area contributed by atoms with E-state index in [0.29, 0.717) is 17.9 Å². The van der Waals surface area contributed by atoms with Gasteiger partial charge >= 0.3 is 5.69 Å². The Hall–Kier alpha value is -3.47. The Kier molecular flexibility index (Phi) is 7.01. The van der Waals surface area contributed by atoms with Crippen molar-refractivity contribution in [1.82, 2.24) is 24.0 Å². The molecule has 33 heavy (non-hydrogen) atoms. The molecular formula is C22H25N5O5S. The molecule has 0 aliphatic carbocycles. The van der Waals surface area contributed by atoms with Crippen molar-refractivity contribution < 1.29 is 14.3 Å². The minimum absolute atomic E-state index is 0.0668. The van der Waals surface area contributed by atoms with Gasteiger partial charge in [0.15, 0.2) is 17.3 Å². The van der Waals surface area contributed by atoms with Crippen LogP contribution in [0, 0.1) is 0 Å². The molecule has 1 atom stereocenters. The standard InChI is InChI=1S/C22H25N5O5S/c1-7-32-14-10-8-13(9-11-14)17-23-18-15(20(29)27(6)22(31)26(18)5)19(24-17)33-16(12(2)28)21(30)25(3)4/h8-11,16H,7H2,1-6H3/t16-/m1/s1. The number of hydrogen-bond acceptors (Lipinski definition) is 8. The molecule has 0 fully saturated rings. The van der Waals surface area contributed by atoms with Gasteiger partial charge in [0.2, 0.25) is 5.91 Å². The molecule has 0 N–H and O–H groups in total. The van der Waals surface area contributed by atoms with Crippen LogP contribution in [0.5, 0.6) is 5.75 Å². The molecule has 0 unspecified atom stereocenters. The van der Waals surface area contributed by atoms with Crippen LogP contribution in [-0.4, -0.2) is 61.6 Å². The third-order valence-electron chi connectivity index (χ3n) is 4.95. The Morgan fingerprint density at radius 1 is 1.09 bits per heavy atom. The highest BCUT2D eigenvalue weighted by Gasteiger charge is 2.29. The second-order valence-corrected chi connectivity index (χ2v) is 8.65. The summed E-state index contributed by atoms with van der Waals surface area (Å²) in [5.41, 5.74) is -0.418. The molecule has 2 aromatic heterocycles. The molecular weight excluding hydrogens is 446 g/mol. The van der Waals surface area contributed by atoms with Crippen LogP contribution in [0.1, 0.15) is 13.8 Å². The van der Waals surface area contributed by atoms with E-state index in [-0.39, 0.29) is 27.7 Å². The average molecular weight is 472 g/mol. The summed E-state index contributed by atoms with van der Waals surface area (Å²) in [7, 11) is 5.95. The summed E-state index contributed by atoms with van der Waals surface area (Å²) < 4.78 is 7.66. The molecule has 1 amide bonds. The first-order valence-corrected chi connectivity index (χ1v) is 11.0. The van der Waals surface area contributed by atoms with Crippen LogP contribution in [-0.2, 0) is 23.7 Å². The largest absolute Gasteiger partial charge is 0.494 e. The van der Waals surface area contributed by atoms with E-state index in [4.69, 9.17) is 4.74 Å². The molecule has 0 radical (unpaired) electrons. The van der Waals surface area contributed by atoms with E-state index in [1.807, 2.05) is 6.92 Å². The number of hydrogen-bond donors (Lipinski definition) is 0. The first-order chi connectivity index (χ1) is 15.6. The molecule has 174 valence electrons. The molecule has 0 aliphatic rings. The lowest BCUT2D eigenvalue weighted by molar-refractivity contribution is -0.132. The lowest BCUT2D eigenvalue weighted by Gasteiger charge is -2.19. The molecule has 10 nitrogen and oxygen atoms in total. The SMILES string of the molecule is CCOc1ccc(-c2nc(S[C@H](C(C)=O)C(=O)N(C)C)c3c(=O)n(C)c(=O)n(C)c3n2)cc1. The van der Waals surface area contributed by atoms with Gasteiger partial charge in [-0.2, -0.15) is 0 Å². The number of Topliss-reactive ketones (excluding diaryl/α,β-unsaturated/α-hetero) is 1. The van der Waals surface area contributed by atoms with Gasteiger partial charge in [-0.15, -0.1) is 0 Å². The van der Waals surface area contributed by atoms with Gasteiger partial charge in [0, 0.05) is 33.8 Å². The van der Waals surface area contributed by atoms with Crippen molar-refractivity contribution in [2.45, 2.75) is 24.1 Å². The van der Waals surface area contributed by atoms with E-state index in [0.717, 1.165) is 16.3 Å². The Morgan fingerprint density at radius 3 is 2.27 bits per heavy atom. The molecule has 3 aromatic rings. The molecule has 0 aliphatic heterocycles. The number of amides is 1. The zero-order valence-corrected chi connectivity index (χ0v) is 20.1. The summed E-state index contributed by atoms with van der Waals surface area (Å²) in [5, 5.41) is -0.888. The third kappa shape index (κ3) is 4.68. The van der Waals surface area contributed by atoms with E-state index >= 15 is 0 Å². The molecule has 0 bridgehead atoms. The van der Waals surface area contributed by atoms with Gasteiger partial charge in [0.05, 0.1) is 6.61 Å². The van der Waals surface area contributed by atoms with Crippen LogP contribution >= 0.6 is 11.8 Å². The fourth-order valence-corrected chi connectivity index (χ4v) is 4.30. The number of carbonyl (C=O) groups is 2. The van der Waals surface area contributed by atoms with Crippen molar-refractivity contribution in [3.8, 4) is 17.1 Å². The summed E-state index contributed by atoms with van der Waals surface area (Å²) >= 11 is 0.875. The monoisotopic (exact) mass is 471 g/mol. The van der Waals surface area contributed by atoms with Crippen LogP contribution < -0.4 is 16.0 Å². The second kappa shape index (κ2) is 9.57. The first-order valence-electron chi connectivity index (χ1n) is 10.2. The number of carbonyl (C=O) groups excluding carboxylic acids is 2. The highest BCUT2D eigenvalue weighted by atomic mass is 32.2. The number of ether oxygens (including phenoxy) is 1. The van der Waals surface area contributed by atoms with Gasteiger partial charge in [-0.3, -0.25) is 23.5 Å². The number of nitrogens with zero attached hydrogens (tertiary/aromatic N) is 5. The second-order valence-electron chi connectivity index (χ2n) is 7.56. The van der Waals surface area contributed by atoms with E-state index < -0.39 is 22.4 Å². The van der Waals surface area contributed by atoms with Crippen molar-refractivity contribution in [2.75, 3.05) is 20.7 Å².